The van der Waals surface area contributed by atoms with Crippen LogP contribution in [-0.2, 0) is 4.79 Å². The molecule has 0 unspecified atom stereocenters. The summed E-state index contributed by atoms with van der Waals surface area (Å²) in [5.41, 5.74) is 5.69. The number of nitrogens with two attached hydrogens (primary N) is 1. The fourth-order valence-electron chi connectivity index (χ4n) is 2.56. The molecule has 0 aliphatic heterocycles. The van der Waals surface area contributed by atoms with E-state index < -0.39 is 0 Å². The molecule has 2 saturated carbocycles. The van der Waals surface area contributed by atoms with Crippen molar-refractivity contribution < 1.29 is 4.79 Å². The molecule has 2 nitrogen and oxygen atoms in total. The Hall–Kier alpha value is -0.370. The Morgan fingerprint density at radius 1 is 1.23 bits per heavy atom. The smallest absolute Gasteiger partial charge is 0.143 e. The van der Waals surface area contributed by atoms with Crippen molar-refractivity contribution >= 4 is 5.78 Å². The van der Waals surface area contributed by atoms with Crippen molar-refractivity contribution in [3.63, 3.8) is 0 Å². The molecule has 74 valence electrons. The summed E-state index contributed by atoms with van der Waals surface area (Å²) in [5.74, 6) is 0.886. The molecule has 0 saturated heterocycles. The Morgan fingerprint density at radius 2 is 1.85 bits per heavy atom. The van der Waals surface area contributed by atoms with Crippen molar-refractivity contribution in [3.8, 4) is 0 Å². The number of carbonyl (C=O) groups is 1. The third-order valence-corrected chi connectivity index (χ3v) is 3.67. The molecule has 2 rings (SSSR count). The van der Waals surface area contributed by atoms with E-state index in [-0.39, 0.29) is 5.41 Å². The molecule has 2 heteroatoms. The van der Waals surface area contributed by atoms with Gasteiger partial charge in [0.05, 0.1) is 0 Å². The fourth-order valence-corrected chi connectivity index (χ4v) is 2.56. The maximum absolute atomic E-state index is 12.0. The Labute approximate surface area is 79.9 Å². The maximum Gasteiger partial charge on any atom is 0.143 e. The van der Waals surface area contributed by atoms with Gasteiger partial charge in [0.15, 0.2) is 0 Å². The lowest BCUT2D eigenvalue weighted by Gasteiger charge is -2.34. The minimum absolute atomic E-state index is 0.0978. The third-order valence-electron chi connectivity index (χ3n) is 3.67. The van der Waals surface area contributed by atoms with Crippen LogP contribution in [0, 0.1) is 11.3 Å². The Bertz CT molecular complexity index is 202. The topological polar surface area (TPSA) is 43.1 Å². The van der Waals surface area contributed by atoms with Crippen molar-refractivity contribution in [1.29, 1.82) is 0 Å². The van der Waals surface area contributed by atoms with Gasteiger partial charge in [-0.3, -0.25) is 4.79 Å². The summed E-state index contributed by atoms with van der Waals surface area (Å²) in [4.78, 5) is 12.0. The largest absolute Gasteiger partial charge is 0.329 e. The van der Waals surface area contributed by atoms with E-state index >= 15 is 0 Å². The van der Waals surface area contributed by atoms with E-state index in [1.807, 2.05) is 0 Å². The minimum atomic E-state index is -0.0978. The summed E-state index contributed by atoms with van der Waals surface area (Å²) in [5, 5.41) is 0. The average Bonchev–Trinajstić information content (AvgIpc) is 3.01. The van der Waals surface area contributed by atoms with E-state index in [1.165, 1.54) is 19.3 Å². The van der Waals surface area contributed by atoms with E-state index in [0.29, 0.717) is 18.2 Å². The lowest BCUT2D eigenvalue weighted by molar-refractivity contribution is -0.131. The lowest BCUT2D eigenvalue weighted by Crippen LogP contribution is -2.41. The van der Waals surface area contributed by atoms with Gasteiger partial charge in [-0.15, -0.1) is 0 Å². The predicted molar refractivity (Wildman–Crippen MR) is 52.3 cm³/mol. The van der Waals surface area contributed by atoms with Gasteiger partial charge < -0.3 is 5.73 Å². The zero-order valence-electron chi connectivity index (χ0n) is 8.22. The number of Topliss-reactive ketones (excluding diaryl/α,β-unsaturated/α-hetero) is 1. The molecule has 2 aliphatic carbocycles. The highest BCUT2D eigenvalue weighted by Crippen LogP contribution is 2.44. The van der Waals surface area contributed by atoms with Crippen LogP contribution in [0.5, 0.6) is 0 Å². The molecule has 2 fully saturated rings. The first-order chi connectivity index (χ1) is 6.28. The Kier molecular flexibility index (Phi) is 2.41. The highest BCUT2D eigenvalue weighted by atomic mass is 16.1. The summed E-state index contributed by atoms with van der Waals surface area (Å²) in [6.07, 6.45) is 8.06. The van der Waals surface area contributed by atoms with Crippen LogP contribution in [0.1, 0.15) is 44.9 Å². The quantitative estimate of drug-likeness (QED) is 0.722. The molecular weight excluding hydrogens is 162 g/mol. The van der Waals surface area contributed by atoms with Crippen molar-refractivity contribution in [2.24, 2.45) is 17.1 Å². The Morgan fingerprint density at radius 3 is 2.31 bits per heavy atom. The van der Waals surface area contributed by atoms with E-state index in [2.05, 4.69) is 0 Å². The molecule has 0 heterocycles. The highest BCUT2D eigenvalue weighted by Gasteiger charge is 2.44. The molecule has 0 atom stereocenters. The van der Waals surface area contributed by atoms with Crippen LogP contribution in [0.4, 0.5) is 0 Å². The molecule has 0 aromatic carbocycles. The zero-order chi connectivity index (χ0) is 9.31. The van der Waals surface area contributed by atoms with Crippen LogP contribution in [0.3, 0.4) is 0 Å². The standard InChI is InChI=1S/C11H19NO/c12-8-11(6-2-1-3-7-11)10(13)9-4-5-9/h9H,1-8,12H2. The third kappa shape index (κ3) is 1.64. The zero-order valence-corrected chi connectivity index (χ0v) is 8.22. The molecular formula is C11H19NO. The van der Waals surface area contributed by atoms with Gasteiger partial charge in [-0.05, 0) is 25.7 Å². The van der Waals surface area contributed by atoms with E-state index in [4.69, 9.17) is 5.73 Å². The van der Waals surface area contributed by atoms with E-state index in [0.717, 1.165) is 25.7 Å². The molecule has 0 aromatic heterocycles. The van der Waals surface area contributed by atoms with Crippen LogP contribution >= 0.6 is 0 Å². The number of ketones is 1. The molecule has 0 aromatic rings. The first-order valence-electron chi connectivity index (χ1n) is 5.53. The first kappa shape index (κ1) is 9.20. The molecule has 2 aliphatic rings. The average molecular weight is 181 g/mol. The normalized spacial score (nSPS) is 27.2. The van der Waals surface area contributed by atoms with Gasteiger partial charge in [0.2, 0.25) is 0 Å². The van der Waals surface area contributed by atoms with Gasteiger partial charge in [-0.2, -0.15) is 0 Å². The molecule has 0 amide bonds. The highest BCUT2D eigenvalue weighted by molar-refractivity contribution is 5.89. The van der Waals surface area contributed by atoms with Crippen molar-refractivity contribution in [2.75, 3.05) is 6.54 Å². The summed E-state index contributed by atoms with van der Waals surface area (Å²) in [7, 11) is 0. The SMILES string of the molecule is NCC1(C(=O)C2CC2)CCCCC1. The molecule has 0 radical (unpaired) electrons. The fraction of sp³-hybridized carbons (Fsp3) is 0.909. The van der Waals surface area contributed by atoms with Crippen LogP contribution in [0.15, 0.2) is 0 Å². The van der Waals surface area contributed by atoms with Crippen LogP contribution in [0.2, 0.25) is 0 Å². The van der Waals surface area contributed by atoms with Gasteiger partial charge in [0.25, 0.3) is 0 Å². The Balaban J connectivity index is 2.07. The molecule has 13 heavy (non-hydrogen) atoms. The molecule has 0 spiro atoms. The van der Waals surface area contributed by atoms with Gasteiger partial charge >= 0.3 is 0 Å². The van der Waals surface area contributed by atoms with Gasteiger partial charge in [0.1, 0.15) is 5.78 Å². The van der Waals surface area contributed by atoms with Crippen molar-refractivity contribution in [2.45, 2.75) is 44.9 Å². The summed E-state index contributed by atoms with van der Waals surface area (Å²) < 4.78 is 0. The maximum atomic E-state index is 12.0. The summed E-state index contributed by atoms with van der Waals surface area (Å²) in [6.45, 7) is 0.586. The number of hydrogen-bond donors (Lipinski definition) is 1. The van der Waals surface area contributed by atoms with Gasteiger partial charge in [0, 0.05) is 17.9 Å². The number of rotatable bonds is 3. The molecule has 2 N–H and O–H groups in total. The van der Waals surface area contributed by atoms with Crippen LogP contribution in [0.25, 0.3) is 0 Å². The summed E-state index contributed by atoms with van der Waals surface area (Å²) >= 11 is 0. The second-order valence-corrected chi connectivity index (χ2v) is 4.68. The van der Waals surface area contributed by atoms with Crippen molar-refractivity contribution in [3.05, 3.63) is 0 Å². The first-order valence-corrected chi connectivity index (χ1v) is 5.53. The van der Waals surface area contributed by atoms with Crippen molar-refractivity contribution in [1.82, 2.24) is 0 Å². The van der Waals surface area contributed by atoms with Crippen LogP contribution in [-0.4, -0.2) is 12.3 Å². The summed E-state index contributed by atoms with van der Waals surface area (Å²) in [6, 6.07) is 0. The predicted octanol–water partition coefficient (Wildman–Crippen LogP) is 1.87. The second kappa shape index (κ2) is 3.41. The number of hydrogen-bond acceptors (Lipinski definition) is 2. The van der Waals surface area contributed by atoms with E-state index in [9.17, 15) is 4.79 Å². The lowest BCUT2D eigenvalue weighted by atomic mass is 9.70. The van der Waals surface area contributed by atoms with E-state index in [1.54, 1.807) is 0 Å². The minimum Gasteiger partial charge on any atom is -0.329 e. The number of carbonyl (C=O) groups excluding carboxylic acids is 1. The van der Waals surface area contributed by atoms with Crippen LogP contribution < -0.4 is 5.73 Å². The van der Waals surface area contributed by atoms with Gasteiger partial charge in [-0.1, -0.05) is 19.3 Å². The second-order valence-electron chi connectivity index (χ2n) is 4.68. The monoisotopic (exact) mass is 181 g/mol. The van der Waals surface area contributed by atoms with Gasteiger partial charge in [-0.25, -0.2) is 0 Å². The molecule has 0 bridgehead atoms.